The first-order valence-electron chi connectivity index (χ1n) is 15.2. The Bertz CT molecular complexity index is 1700. The molecule has 4 aromatic rings. The number of amides is 3. The zero-order valence-electron chi connectivity index (χ0n) is 25.1. The third kappa shape index (κ3) is 7.66. The minimum atomic E-state index is -0.684. The number of carbonyl (C=O) groups is 3. The summed E-state index contributed by atoms with van der Waals surface area (Å²) in [5, 5.41) is 10.8. The Morgan fingerprint density at radius 1 is 1.07 bits per heavy atom. The number of aryl methyl sites for hydroxylation is 1. The van der Waals surface area contributed by atoms with Gasteiger partial charge in [-0.3, -0.25) is 19.4 Å². The second kappa shape index (κ2) is 13.9. The average molecular weight is 629 g/mol. The van der Waals surface area contributed by atoms with Crippen molar-refractivity contribution in [2.45, 2.75) is 51.6 Å². The Kier molecular flexibility index (Phi) is 9.34. The SMILES string of the molecule is Cc1cc2cc(NC(=NC3CCCCN(CC(=O)N4CCCC4)C3=O)Nc3ncc(C(=O)NCc4cccnc4)s3)ccc2o1. The van der Waals surface area contributed by atoms with Crippen molar-refractivity contribution in [1.82, 2.24) is 25.1 Å². The number of hydrogen-bond acceptors (Lipinski definition) is 8. The normalized spacial score (nSPS) is 17.4. The van der Waals surface area contributed by atoms with E-state index in [2.05, 4.69) is 25.9 Å². The lowest BCUT2D eigenvalue weighted by molar-refractivity contribution is -0.140. The third-order valence-electron chi connectivity index (χ3n) is 7.86. The molecular formula is C32H36N8O4S. The largest absolute Gasteiger partial charge is 0.461 e. The third-order valence-corrected chi connectivity index (χ3v) is 8.77. The zero-order chi connectivity index (χ0) is 31.2. The van der Waals surface area contributed by atoms with Crippen LogP contribution in [0.5, 0.6) is 0 Å². The molecule has 2 aliphatic rings. The molecule has 1 unspecified atom stereocenters. The van der Waals surface area contributed by atoms with Crippen molar-refractivity contribution in [3.8, 4) is 0 Å². The number of thiazole rings is 1. The standard InChI is InChI=1S/C32H36N8O4S/c1-21-15-23-16-24(9-10-26(23)44-21)36-31(38-32-35-19-27(45-32)29(42)34-18-22-7-6-11-33-17-22)37-25-8-2-3-14-40(30(25)43)20-28(41)39-12-4-5-13-39/h6-7,9-11,15-17,19,25H,2-5,8,12-14,18,20H2,1H3,(H,34,42)(H2,35,36,37,38). The lowest BCUT2D eigenvalue weighted by atomic mass is 10.1. The number of carbonyl (C=O) groups excluding carboxylic acids is 3. The number of likely N-dealkylation sites (tertiary alicyclic amines) is 2. The van der Waals surface area contributed by atoms with E-state index in [4.69, 9.17) is 9.41 Å². The first-order valence-corrected chi connectivity index (χ1v) is 16.0. The lowest BCUT2D eigenvalue weighted by Gasteiger charge is -2.25. The molecule has 1 atom stereocenters. The highest BCUT2D eigenvalue weighted by molar-refractivity contribution is 7.17. The molecule has 0 bridgehead atoms. The number of pyridine rings is 1. The van der Waals surface area contributed by atoms with Gasteiger partial charge in [0.05, 0.1) is 12.7 Å². The second-order valence-corrected chi connectivity index (χ2v) is 12.3. The molecular weight excluding hydrogens is 592 g/mol. The molecule has 1 aromatic carbocycles. The predicted octanol–water partition coefficient (Wildman–Crippen LogP) is 4.41. The minimum absolute atomic E-state index is 0.0113. The molecule has 6 rings (SSSR count). The van der Waals surface area contributed by atoms with Crippen LogP contribution in [0.15, 0.2) is 64.4 Å². The minimum Gasteiger partial charge on any atom is -0.461 e. The van der Waals surface area contributed by atoms with Gasteiger partial charge in [-0.2, -0.15) is 0 Å². The van der Waals surface area contributed by atoms with Crippen LogP contribution in [-0.2, 0) is 16.1 Å². The smallest absolute Gasteiger partial charge is 0.263 e. The van der Waals surface area contributed by atoms with E-state index in [-0.39, 0.29) is 24.3 Å². The Balaban J connectivity index is 1.21. The van der Waals surface area contributed by atoms with Gasteiger partial charge >= 0.3 is 0 Å². The van der Waals surface area contributed by atoms with Crippen LogP contribution >= 0.6 is 11.3 Å². The van der Waals surface area contributed by atoms with Crippen LogP contribution < -0.4 is 16.0 Å². The monoisotopic (exact) mass is 628 g/mol. The van der Waals surface area contributed by atoms with E-state index in [1.54, 1.807) is 17.3 Å². The molecule has 0 spiro atoms. The van der Waals surface area contributed by atoms with Crippen LogP contribution in [0.2, 0.25) is 0 Å². The highest BCUT2D eigenvalue weighted by Gasteiger charge is 2.30. The summed E-state index contributed by atoms with van der Waals surface area (Å²) in [5.74, 6) is 0.685. The number of anilines is 2. The van der Waals surface area contributed by atoms with Crippen LogP contribution in [-0.4, -0.2) is 75.7 Å². The fourth-order valence-corrected chi connectivity index (χ4v) is 6.28. The second-order valence-electron chi connectivity index (χ2n) is 11.3. The van der Waals surface area contributed by atoms with E-state index in [1.165, 1.54) is 17.5 Å². The number of guanidine groups is 1. The maximum atomic E-state index is 13.7. The van der Waals surface area contributed by atoms with Gasteiger partial charge in [-0.25, -0.2) is 9.98 Å². The van der Waals surface area contributed by atoms with Gasteiger partial charge < -0.3 is 30.2 Å². The molecule has 0 aliphatic carbocycles. The molecule has 3 N–H and O–H groups in total. The van der Waals surface area contributed by atoms with Gasteiger partial charge in [-0.05, 0) is 74.9 Å². The Hall–Kier alpha value is -4.78. The number of benzene rings is 1. The summed E-state index contributed by atoms with van der Waals surface area (Å²) < 4.78 is 5.72. The van der Waals surface area contributed by atoms with Gasteiger partial charge in [0.25, 0.3) is 5.91 Å². The van der Waals surface area contributed by atoms with Gasteiger partial charge in [0.15, 0.2) is 5.13 Å². The van der Waals surface area contributed by atoms with E-state index < -0.39 is 6.04 Å². The molecule has 45 heavy (non-hydrogen) atoms. The van der Waals surface area contributed by atoms with Crippen molar-refractivity contribution < 1.29 is 18.8 Å². The topological polar surface area (TPSA) is 145 Å². The molecule has 5 heterocycles. The molecule has 2 fully saturated rings. The number of furan rings is 1. The predicted molar refractivity (Wildman–Crippen MR) is 173 cm³/mol. The zero-order valence-corrected chi connectivity index (χ0v) is 25.9. The summed E-state index contributed by atoms with van der Waals surface area (Å²) in [6, 6.07) is 10.7. The highest BCUT2D eigenvalue weighted by atomic mass is 32.1. The maximum absolute atomic E-state index is 13.7. The number of aliphatic imine (C=N–C) groups is 1. The van der Waals surface area contributed by atoms with Crippen LogP contribution in [0.1, 0.15) is 53.1 Å². The lowest BCUT2D eigenvalue weighted by Crippen LogP contribution is -2.45. The van der Waals surface area contributed by atoms with Crippen LogP contribution in [0.4, 0.5) is 10.8 Å². The number of fused-ring (bicyclic) bond motifs is 1. The van der Waals surface area contributed by atoms with Crippen molar-refractivity contribution in [2.24, 2.45) is 4.99 Å². The number of aromatic nitrogens is 2. The van der Waals surface area contributed by atoms with E-state index in [9.17, 15) is 14.4 Å². The van der Waals surface area contributed by atoms with Crippen molar-refractivity contribution >= 4 is 56.8 Å². The first kappa shape index (κ1) is 30.3. The summed E-state index contributed by atoms with van der Waals surface area (Å²) in [6.45, 7) is 4.34. The van der Waals surface area contributed by atoms with Crippen LogP contribution in [0.25, 0.3) is 11.0 Å². The number of hydrogen-bond donors (Lipinski definition) is 3. The Morgan fingerprint density at radius 2 is 1.91 bits per heavy atom. The number of nitrogens with zero attached hydrogens (tertiary/aromatic N) is 5. The van der Waals surface area contributed by atoms with Gasteiger partial charge in [0.1, 0.15) is 22.3 Å². The fraction of sp³-hybridized carbons (Fsp3) is 0.375. The molecule has 12 nitrogen and oxygen atoms in total. The highest BCUT2D eigenvalue weighted by Crippen LogP contribution is 2.24. The number of nitrogens with one attached hydrogen (secondary N) is 3. The van der Waals surface area contributed by atoms with Gasteiger partial charge in [0.2, 0.25) is 17.8 Å². The molecule has 13 heteroatoms. The van der Waals surface area contributed by atoms with E-state index in [0.29, 0.717) is 35.5 Å². The maximum Gasteiger partial charge on any atom is 0.263 e. The van der Waals surface area contributed by atoms with Crippen molar-refractivity contribution in [2.75, 3.05) is 36.8 Å². The van der Waals surface area contributed by atoms with Gasteiger partial charge in [-0.1, -0.05) is 17.4 Å². The van der Waals surface area contributed by atoms with E-state index >= 15 is 0 Å². The summed E-state index contributed by atoms with van der Waals surface area (Å²) in [6.07, 6.45) is 9.06. The first-order chi connectivity index (χ1) is 21.9. The molecule has 3 aromatic heterocycles. The Morgan fingerprint density at radius 3 is 2.73 bits per heavy atom. The molecule has 3 amide bonds. The van der Waals surface area contributed by atoms with Crippen molar-refractivity contribution in [3.05, 3.63) is 71.2 Å². The number of rotatable bonds is 8. The summed E-state index contributed by atoms with van der Waals surface area (Å²) in [7, 11) is 0. The molecule has 234 valence electrons. The fourth-order valence-electron chi connectivity index (χ4n) is 5.54. The quantitative estimate of drug-likeness (QED) is 0.192. The Labute approximate surface area is 264 Å². The average Bonchev–Trinajstić information content (AvgIpc) is 3.80. The molecule has 0 radical (unpaired) electrons. The van der Waals surface area contributed by atoms with Crippen molar-refractivity contribution in [3.63, 3.8) is 0 Å². The van der Waals surface area contributed by atoms with E-state index in [0.717, 1.165) is 66.8 Å². The van der Waals surface area contributed by atoms with Gasteiger partial charge in [0, 0.05) is 49.6 Å². The molecule has 2 aliphatic heterocycles. The summed E-state index contributed by atoms with van der Waals surface area (Å²) in [5.41, 5.74) is 2.40. The summed E-state index contributed by atoms with van der Waals surface area (Å²) >= 11 is 1.18. The summed E-state index contributed by atoms with van der Waals surface area (Å²) in [4.78, 5) is 56.7. The molecule has 0 saturated carbocycles. The van der Waals surface area contributed by atoms with Crippen LogP contribution in [0.3, 0.4) is 0 Å². The molecule has 2 saturated heterocycles. The van der Waals surface area contributed by atoms with Crippen LogP contribution in [0, 0.1) is 6.92 Å². The van der Waals surface area contributed by atoms with Crippen molar-refractivity contribution in [1.29, 1.82) is 0 Å². The van der Waals surface area contributed by atoms with Gasteiger partial charge in [-0.15, -0.1) is 0 Å². The van der Waals surface area contributed by atoms with E-state index in [1.807, 2.05) is 48.2 Å².